The van der Waals surface area contributed by atoms with Gasteiger partial charge in [-0.15, -0.1) is 0 Å². The van der Waals surface area contributed by atoms with Crippen molar-refractivity contribution in [3.63, 3.8) is 0 Å². The van der Waals surface area contributed by atoms with Crippen LogP contribution in [0.1, 0.15) is 41.2 Å². The molecule has 134 valence electrons. The highest BCUT2D eigenvalue weighted by molar-refractivity contribution is 5.18. The molecule has 0 radical (unpaired) electrons. The zero-order chi connectivity index (χ0) is 17.6. The summed E-state index contributed by atoms with van der Waals surface area (Å²) in [5.41, 5.74) is 5.63. The van der Waals surface area contributed by atoms with Crippen LogP contribution in [-0.4, -0.2) is 40.7 Å². The first-order valence-corrected chi connectivity index (χ1v) is 9.30. The number of rotatable bonds is 6. The predicted molar refractivity (Wildman–Crippen MR) is 101 cm³/mol. The summed E-state index contributed by atoms with van der Waals surface area (Å²) in [6.07, 6.45) is 3.74. The molecule has 2 aromatic rings. The highest BCUT2D eigenvalue weighted by Gasteiger charge is 2.21. The molecule has 1 saturated heterocycles. The monoisotopic (exact) mass is 339 g/mol. The lowest BCUT2D eigenvalue weighted by atomic mass is 10.0. The fourth-order valence-corrected chi connectivity index (χ4v) is 3.40. The van der Waals surface area contributed by atoms with Gasteiger partial charge in [0.15, 0.2) is 0 Å². The van der Waals surface area contributed by atoms with Crippen LogP contribution >= 0.6 is 0 Å². The van der Waals surface area contributed by atoms with Crippen LogP contribution in [0.25, 0.3) is 0 Å². The first-order chi connectivity index (χ1) is 12.1. The minimum atomic E-state index is 0.331. The Hall–Kier alpha value is -1.78. The first-order valence-electron chi connectivity index (χ1n) is 9.30. The Labute approximate surface area is 151 Å². The predicted octanol–water partition coefficient (Wildman–Crippen LogP) is 3.63. The molecule has 1 aromatic heterocycles. The van der Waals surface area contributed by atoms with Gasteiger partial charge in [0.05, 0.1) is 35.5 Å². The normalized spacial score (nSPS) is 18.4. The smallest absolute Gasteiger partial charge is 0.0759 e. The molecular formula is C21H29N3O. The number of nitrogens with zero attached hydrogens (tertiary/aromatic N) is 3. The van der Waals surface area contributed by atoms with Crippen LogP contribution < -0.4 is 0 Å². The summed E-state index contributed by atoms with van der Waals surface area (Å²) < 4.78 is 5.98. The van der Waals surface area contributed by atoms with E-state index in [1.165, 1.54) is 12.0 Å². The van der Waals surface area contributed by atoms with Crippen molar-refractivity contribution in [2.24, 2.45) is 0 Å². The van der Waals surface area contributed by atoms with E-state index in [9.17, 15) is 0 Å². The van der Waals surface area contributed by atoms with Gasteiger partial charge in [-0.05, 0) is 45.6 Å². The molecule has 1 fully saturated rings. The molecule has 25 heavy (non-hydrogen) atoms. The van der Waals surface area contributed by atoms with Gasteiger partial charge in [-0.3, -0.25) is 14.9 Å². The number of morpholine rings is 1. The van der Waals surface area contributed by atoms with E-state index < -0.39 is 0 Å². The molecule has 1 aliphatic rings. The van der Waals surface area contributed by atoms with Crippen LogP contribution in [-0.2, 0) is 17.7 Å². The maximum atomic E-state index is 5.98. The van der Waals surface area contributed by atoms with E-state index in [1.54, 1.807) is 0 Å². The van der Waals surface area contributed by atoms with Gasteiger partial charge >= 0.3 is 0 Å². The van der Waals surface area contributed by atoms with Crippen molar-refractivity contribution < 1.29 is 4.74 Å². The molecule has 0 N–H and O–H groups in total. The fraction of sp³-hybridized carbons (Fsp3) is 0.524. The Morgan fingerprint density at radius 2 is 1.80 bits per heavy atom. The van der Waals surface area contributed by atoms with Gasteiger partial charge in [0.1, 0.15) is 0 Å². The van der Waals surface area contributed by atoms with E-state index in [4.69, 9.17) is 9.72 Å². The average molecular weight is 339 g/mol. The maximum Gasteiger partial charge on any atom is 0.0759 e. The third-order valence-corrected chi connectivity index (χ3v) is 5.01. The van der Waals surface area contributed by atoms with Crippen LogP contribution in [0.15, 0.2) is 30.3 Å². The number of hydrogen-bond acceptors (Lipinski definition) is 4. The van der Waals surface area contributed by atoms with Crippen LogP contribution in [0, 0.1) is 20.8 Å². The summed E-state index contributed by atoms with van der Waals surface area (Å²) in [5.74, 6) is 0. The molecule has 0 bridgehead atoms. The summed E-state index contributed by atoms with van der Waals surface area (Å²) in [6.45, 7) is 9.78. The topological polar surface area (TPSA) is 38.2 Å². The highest BCUT2D eigenvalue weighted by atomic mass is 16.5. The molecule has 1 aliphatic heterocycles. The minimum Gasteiger partial charge on any atom is -0.376 e. The lowest BCUT2D eigenvalue weighted by molar-refractivity contribution is -0.0359. The van der Waals surface area contributed by atoms with Crippen molar-refractivity contribution in [3.05, 3.63) is 58.7 Å². The van der Waals surface area contributed by atoms with Crippen molar-refractivity contribution in [3.8, 4) is 0 Å². The lowest BCUT2D eigenvalue weighted by Gasteiger charge is -2.33. The second-order valence-corrected chi connectivity index (χ2v) is 7.03. The van der Waals surface area contributed by atoms with E-state index in [1.807, 2.05) is 13.8 Å². The average Bonchev–Trinajstić information content (AvgIpc) is 2.61. The lowest BCUT2D eigenvalue weighted by Crippen LogP contribution is -2.42. The van der Waals surface area contributed by atoms with E-state index in [-0.39, 0.29) is 0 Å². The molecule has 2 heterocycles. The fourth-order valence-electron chi connectivity index (χ4n) is 3.40. The molecule has 0 aliphatic carbocycles. The standard InChI is InChI=1S/C21H29N3O/c1-16-17(2)23-21(18(3)22-16)15-24-12-13-25-20(14-24)11-7-10-19-8-5-4-6-9-19/h4-6,8-9,20H,7,10-15H2,1-3H3. The van der Waals surface area contributed by atoms with Crippen molar-refractivity contribution in [2.45, 2.75) is 52.7 Å². The van der Waals surface area contributed by atoms with E-state index in [0.717, 1.165) is 61.9 Å². The second-order valence-electron chi connectivity index (χ2n) is 7.03. The van der Waals surface area contributed by atoms with Gasteiger partial charge in [0.25, 0.3) is 0 Å². The van der Waals surface area contributed by atoms with E-state index >= 15 is 0 Å². The van der Waals surface area contributed by atoms with E-state index in [0.29, 0.717) is 6.10 Å². The van der Waals surface area contributed by atoms with Gasteiger partial charge in [0.2, 0.25) is 0 Å². The third-order valence-electron chi connectivity index (χ3n) is 5.01. The van der Waals surface area contributed by atoms with Gasteiger partial charge in [0, 0.05) is 19.6 Å². The van der Waals surface area contributed by atoms with Crippen molar-refractivity contribution in [1.82, 2.24) is 14.9 Å². The molecule has 4 heteroatoms. The molecule has 0 saturated carbocycles. The second kappa shape index (κ2) is 8.54. The zero-order valence-corrected chi connectivity index (χ0v) is 15.7. The molecule has 1 aromatic carbocycles. The van der Waals surface area contributed by atoms with Gasteiger partial charge in [-0.1, -0.05) is 30.3 Å². The highest BCUT2D eigenvalue weighted by Crippen LogP contribution is 2.16. The Bertz CT molecular complexity index is 687. The minimum absolute atomic E-state index is 0.331. The molecule has 4 nitrogen and oxygen atoms in total. The number of aryl methyl sites for hydroxylation is 4. The van der Waals surface area contributed by atoms with Crippen LogP contribution in [0.5, 0.6) is 0 Å². The summed E-state index contributed by atoms with van der Waals surface area (Å²) in [6, 6.07) is 10.7. The number of benzene rings is 1. The Morgan fingerprint density at radius 1 is 1.04 bits per heavy atom. The van der Waals surface area contributed by atoms with Crippen molar-refractivity contribution in [1.29, 1.82) is 0 Å². The van der Waals surface area contributed by atoms with Crippen LogP contribution in [0.4, 0.5) is 0 Å². The van der Waals surface area contributed by atoms with E-state index in [2.05, 4.69) is 47.1 Å². The molecule has 0 amide bonds. The Kier molecular flexibility index (Phi) is 6.16. The summed E-state index contributed by atoms with van der Waals surface area (Å²) >= 11 is 0. The third kappa shape index (κ3) is 5.10. The van der Waals surface area contributed by atoms with Gasteiger partial charge in [-0.2, -0.15) is 0 Å². The molecule has 1 atom stereocenters. The Morgan fingerprint density at radius 3 is 2.60 bits per heavy atom. The largest absolute Gasteiger partial charge is 0.376 e. The van der Waals surface area contributed by atoms with Crippen molar-refractivity contribution >= 4 is 0 Å². The van der Waals surface area contributed by atoms with Crippen LogP contribution in [0.2, 0.25) is 0 Å². The summed E-state index contributed by atoms with van der Waals surface area (Å²) in [7, 11) is 0. The summed E-state index contributed by atoms with van der Waals surface area (Å²) in [4.78, 5) is 11.8. The maximum absolute atomic E-state index is 5.98. The molecule has 3 rings (SSSR count). The van der Waals surface area contributed by atoms with Gasteiger partial charge in [-0.25, -0.2) is 0 Å². The zero-order valence-electron chi connectivity index (χ0n) is 15.7. The molecule has 0 spiro atoms. The van der Waals surface area contributed by atoms with Gasteiger partial charge < -0.3 is 4.74 Å². The number of aromatic nitrogens is 2. The SMILES string of the molecule is Cc1nc(C)c(CN2CCOC(CCCc3ccccc3)C2)nc1C. The molecular weight excluding hydrogens is 310 g/mol. The number of hydrogen-bond donors (Lipinski definition) is 0. The number of ether oxygens (including phenoxy) is 1. The van der Waals surface area contributed by atoms with Crippen molar-refractivity contribution in [2.75, 3.05) is 19.7 Å². The summed E-state index contributed by atoms with van der Waals surface area (Å²) in [5, 5.41) is 0. The molecule has 1 unspecified atom stereocenters. The Balaban J connectivity index is 1.50. The quantitative estimate of drug-likeness (QED) is 0.805. The first kappa shape index (κ1) is 18.0. The van der Waals surface area contributed by atoms with Crippen LogP contribution in [0.3, 0.4) is 0 Å².